The van der Waals surface area contributed by atoms with E-state index in [4.69, 9.17) is 4.74 Å². The van der Waals surface area contributed by atoms with E-state index < -0.39 is 10.8 Å². The third-order valence-electron chi connectivity index (χ3n) is 3.74. The number of amides is 1. The SMILES string of the molecule is Cc1ccc([N+](=O)[O-])cc1NC(=O)COC(=O)C1CCCC1. The first-order valence-corrected chi connectivity index (χ1v) is 7.19. The van der Waals surface area contributed by atoms with Gasteiger partial charge in [0.05, 0.1) is 16.5 Å². The summed E-state index contributed by atoms with van der Waals surface area (Å²) in [5, 5.41) is 13.3. The number of nitrogens with zero attached hydrogens (tertiary/aromatic N) is 1. The Kier molecular flexibility index (Phi) is 5.08. The van der Waals surface area contributed by atoms with Gasteiger partial charge in [-0.2, -0.15) is 0 Å². The lowest BCUT2D eigenvalue weighted by molar-refractivity contribution is -0.384. The molecule has 0 spiro atoms. The van der Waals surface area contributed by atoms with E-state index in [1.165, 1.54) is 12.1 Å². The van der Waals surface area contributed by atoms with Gasteiger partial charge in [-0.1, -0.05) is 18.9 Å². The van der Waals surface area contributed by atoms with Crippen LogP contribution in [0.3, 0.4) is 0 Å². The summed E-state index contributed by atoms with van der Waals surface area (Å²) in [6.07, 6.45) is 3.65. The van der Waals surface area contributed by atoms with E-state index in [-0.39, 0.29) is 24.2 Å². The molecular formula is C15H18N2O5. The zero-order chi connectivity index (χ0) is 16.1. The summed E-state index contributed by atoms with van der Waals surface area (Å²) >= 11 is 0. The number of carbonyl (C=O) groups is 2. The maximum Gasteiger partial charge on any atom is 0.309 e. The third kappa shape index (κ3) is 4.03. The first-order chi connectivity index (χ1) is 10.5. The van der Waals surface area contributed by atoms with E-state index in [0.717, 1.165) is 25.7 Å². The van der Waals surface area contributed by atoms with Crippen LogP contribution in [-0.4, -0.2) is 23.4 Å². The number of nitrogens with one attached hydrogen (secondary N) is 1. The molecular weight excluding hydrogens is 288 g/mol. The number of non-ortho nitro benzene ring substituents is 1. The fourth-order valence-electron chi connectivity index (χ4n) is 2.46. The van der Waals surface area contributed by atoms with Gasteiger partial charge in [-0.25, -0.2) is 0 Å². The van der Waals surface area contributed by atoms with Crippen LogP contribution in [-0.2, 0) is 14.3 Å². The van der Waals surface area contributed by atoms with Gasteiger partial charge in [-0.05, 0) is 25.3 Å². The molecule has 1 aliphatic carbocycles. The minimum atomic E-state index is -0.533. The number of carbonyl (C=O) groups excluding carboxylic acids is 2. The largest absolute Gasteiger partial charge is 0.455 e. The summed E-state index contributed by atoms with van der Waals surface area (Å²) in [6, 6.07) is 4.20. The van der Waals surface area contributed by atoms with Crippen molar-refractivity contribution >= 4 is 23.3 Å². The summed E-state index contributed by atoms with van der Waals surface area (Å²) in [5.74, 6) is -0.953. The van der Waals surface area contributed by atoms with E-state index in [9.17, 15) is 19.7 Å². The van der Waals surface area contributed by atoms with Gasteiger partial charge < -0.3 is 10.1 Å². The number of hydrogen-bond donors (Lipinski definition) is 1. The highest BCUT2D eigenvalue weighted by Gasteiger charge is 2.24. The Hall–Kier alpha value is -2.44. The average molecular weight is 306 g/mol. The molecule has 0 saturated heterocycles. The molecule has 1 amide bonds. The summed E-state index contributed by atoms with van der Waals surface area (Å²) in [6.45, 7) is 1.35. The lowest BCUT2D eigenvalue weighted by atomic mass is 10.1. The van der Waals surface area contributed by atoms with E-state index in [0.29, 0.717) is 11.3 Å². The highest BCUT2D eigenvalue weighted by atomic mass is 16.6. The molecule has 0 heterocycles. The predicted molar refractivity (Wildman–Crippen MR) is 79.4 cm³/mol. The van der Waals surface area contributed by atoms with Crippen molar-refractivity contribution in [3.8, 4) is 0 Å². The molecule has 0 bridgehead atoms. The number of esters is 1. The lowest BCUT2D eigenvalue weighted by Crippen LogP contribution is -2.24. The average Bonchev–Trinajstić information content (AvgIpc) is 3.01. The number of ether oxygens (including phenoxy) is 1. The fraction of sp³-hybridized carbons (Fsp3) is 0.467. The molecule has 1 aromatic carbocycles. The monoisotopic (exact) mass is 306 g/mol. The van der Waals surface area contributed by atoms with Gasteiger partial charge in [0, 0.05) is 12.1 Å². The van der Waals surface area contributed by atoms with Gasteiger partial charge in [0.2, 0.25) is 0 Å². The van der Waals surface area contributed by atoms with Crippen molar-refractivity contribution in [2.24, 2.45) is 5.92 Å². The second-order valence-electron chi connectivity index (χ2n) is 5.39. The molecule has 1 saturated carbocycles. The summed E-state index contributed by atoms with van der Waals surface area (Å²) < 4.78 is 4.99. The number of anilines is 1. The van der Waals surface area contributed by atoms with Gasteiger partial charge in [-0.3, -0.25) is 19.7 Å². The maximum atomic E-state index is 11.8. The molecule has 1 fully saturated rings. The Morgan fingerprint density at radius 1 is 1.36 bits per heavy atom. The van der Waals surface area contributed by atoms with Crippen LogP contribution in [0.4, 0.5) is 11.4 Å². The summed E-state index contributed by atoms with van der Waals surface area (Å²) in [7, 11) is 0. The van der Waals surface area contributed by atoms with Crippen LogP contribution in [0.1, 0.15) is 31.2 Å². The summed E-state index contributed by atoms with van der Waals surface area (Å²) in [5.41, 5.74) is 0.932. The van der Waals surface area contributed by atoms with E-state index in [1.807, 2.05) is 0 Å². The maximum absolute atomic E-state index is 11.8. The molecule has 0 radical (unpaired) electrons. The van der Waals surface area contributed by atoms with Gasteiger partial charge in [0.1, 0.15) is 0 Å². The van der Waals surface area contributed by atoms with Crippen molar-refractivity contribution < 1.29 is 19.2 Å². The number of rotatable bonds is 5. The van der Waals surface area contributed by atoms with Crippen molar-refractivity contribution in [3.63, 3.8) is 0 Å². The summed E-state index contributed by atoms with van der Waals surface area (Å²) in [4.78, 5) is 33.7. The van der Waals surface area contributed by atoms with Gasteiger partial charge in [0.15, 0.2) is 6.61 Å². The number of benzene rings is 1. The van der Waals surface area contributed by atoms with Crippen molar-refractivity contribution in [1.82, 2.24) is 0 Å². The van der Waals surface area contributed by atoms with E-state index in [2.05, 4.69) is 5.32 Å². The molecule has 0 aliphatic heterocycles. The van der Waals surface area contributed by atoms with Crippen LogP contribution in [0.5, 0.6) is 0 Å². The number of nitro groups is 1. The lowest BCUT2D eigenvalue weighted by Gasteiger charge is -2.11. The molecule has 1 aromatic rings. The normalized spacial score (nSPS) is 14.6. The standard InChI is InChI=1S/C15H18N2O5/c1-10-6-7-12(17(20)21)8-13(10)16-14(18)9-22-15(19)11-4-2-3-5-11/h6-8,11H,2-5,9H2,1H3,(H,16,18). The minimum Gasteiger partial charge on any atom is -0.455 e. The van der Waals surface area contributed by atoms with Crippen LogP contribution in [0.2, 0.25) is 0 Å². The van der Waals surface area contributed by atoms with Crippen LogP contribution < -0.4 is 5.32 Å². The third-order valence-corrected chi connectivity index (χ3v) is 3.74. The highest BCUT2D eigenvalue weighted by Crippen LogP contribution is 2.26. The van der Waals surface area contributed by atoms with Crippen molar-refractivity contribution in [2.75, 3.05) is 11.9 Å². The molecule has 0 aromatic heterocycles. The zero-order valence-electron chi connectivity index (χ0n) is 12.3. The molecule has 22 heavy (non-hydrogen) atoms. The highest BCUT2D eigenvalue weighted by molar-refractivity contribution is 5.93. The van der Waals surface area contributed by atoms with Crippen LogP contribution in [0.25, 0.3) is 0 Å². The van der Waals surface area contributed by atoms with Gasteiger partial charge in [0.25, 0.3) is 11.6 Å². The van der Waals surface area contributed by atoms with E-state index in [1.54, 1.807) is 13.0 Å². The second kappa shape index (κ2) is 7.02. The van der Waals surface area contributed by atoms with Crippen LogP contribution in [0.15, 0.2) is 18.2 Å². The minimum absolute atomic E-state index is 0.104. The molecule has 2 rings (SSSR count). The Labute approximate surface area is 127 Å². The predicted octanol–water partition coefficient (Wildman–Crippen LogP) is 2.58. The molecule has 1 N–H and O–H groups in total. The van der Waals surface area contributed by atoms with Crippen molar-refractivity contribution in [2.45, 2.75) is 32.6 Å². The smallest absolute Gasteiger partial charge is 0.309 e. The van der Waals surface area contributed by atoms with Crippen molar-refractivity contribution in [1.29, 1.82) is 0 Å². The second-order valence-corrected chi connectivity index (χ2v) is 5.39. The quantitative estimate of drug-likeness (QED) is 0.512. The zero-order valence-corrected chi connectivity index (χ0v) is 12.3. The topological polar surface area (TPSA) is 98.5 Å². The number of nitro benzene ring substituents is 1. The molecule has 1 aliphatic rings. The number of hydrogen-bond acceptors (Lipinski definition) is 5. The van der Waals surface area contributed by atoms with E-state index >= 15 is 0 Å². The van der Waals surface area contributed by atoms with Gasteiger partial charge in [-0.15, -0.1) is 0 Å². The molecule has 7 heteroatoms. The number of aryl methyl sites for hydroxylation is 1. The molecule has 0 unspecified atom stereocenters. The van der Waals surface area contributed by atoms with Crippen LogP contribution >= 0.6 is 0 Å². The Balaban J connectivity index is 1.90. The van der Waals surface area contributed by atoms with Gasteiger partial charge >= 0.3 is 5.97 Å². The Morgan fingerprint density at radius 3 is 2.68 bits per heavy atom. The molecule has 118 valence electrons. The van der Waals surface area contributed by atoms with Crippen LogP contribution in [0, 0.1) is 23.0 Å². The first kappa shape index (κ1) is 15.9. The molecule has 0 atom stereocenters. The Bertz CT molecular complexity index is 594. The first-order valence-electron chi connectivity index (χ1n) is 7.19. The van der Waals surface area contributed by atoms with Crippen molar-refractivity contribution in [3.05, 3.63) is 33.9 Å². The Morgan fingerprint density at radius 2 is 2.05 bits per heavy atom. The fourth-order valence-corrected chi connectivity index (χ4v) is 2.46. The molecule has 7 nitrogen and oxygen atoms in total.